The molecule has 6 heteroatoms. The summed E-state index contributed by atoms with van der Waals surface area (Å²) >= 11 is 3.30. The zero-order valence-corrected chi connectivity index (χ0v) is 11.3. The minimum absolute atomic E-state index is 0.179. The maximum atomic E-state index is 12.4. The average Bonchev–Trinajstić information content (AvgIpc) is 2.90. The van der Waals surface area contributed by atoms with Crippen molar-refractivity contribution in [3.05, 3.63) is 10.3 Å². The van der Waals surface area contributed by atoms with Gasteiger partial charge in [0.2, 0.25) is 0 Å². The van der Waals surface area contributed by atoms with Crippen molar-refractivity contribution in [2.75, 3.05) is 13.1 Å². The average molecular weight is 299 g/mol. The van der Waals surface area contributed by atoms with E-state index >= 15 is 0 Å². The molecule has 3 rings (SSSR count). The first kappa shape index (κ1) is 11.3. The van der Waals surface area contributed by atoms with Gasteiger partial charge < -0.3 is 5.32 Å². The molecular formula is C11H15BrN4O. The lowest BCUT2D eigenvalue weighted by Crippen LogP contribution is -2.31. The molecule has 92 valence electrons. The third-order valence-electron chi connectivity index (χ3n) is 4.12. The van der Waals surface area contributed by atoms with Crippen LogP contribution < -0.4 is 5.32 Å². The first-order valence-electron chi connectivity index (χ1n) is 5.94. The summed E-state index contributed by atoms with van der Waals surface area (Å²) in [4.78, 5) is 12.4. The molecule has 1 aliphatic heterocycles. The zero-order valence-electron chi connectivity index (χ0n) is 9.74. The van der Waals surface area contributed by atoms with E-state index in [1.807, 2.05) is 0 Å². The quantitative estimate of drug-likeness (QED) is 0.832. The monoisotopic (exact) mass is 298 g/mol. The van der Waals surface area contributed by atoms with Crippen molar-refractivity contribution in [1.29, 1.82) is 0 Å². The summed E-state index contributed by atoms with van der Waals surface area (Å²) in [5.74, 6) is 0.379. The fourth-order valence-electron chi connectivity index (χ4n) is 2.95. The third kappa shape index (κ3) is 1.74. The molecular weight excluding hydrogens is 284 g/mol. The molecule has 1 aromatic heterocycles. The molecule has 2 aliphatic rings. The van der Waals surface area contributed by atoms with Gasteiger partial charge in [0.15, 0.2) is 10.4 Å². The van der Waals surface area contributed by atoms with Gasteiger partial charge >= 0.3 is 0 Å². The van der Waals surface area contributed by atoms with Crippen LogP contribution >= 0.6 is 15.9 Å². The Kier molecular flexibility index (Phi) is 2.59. The minimum atomic E-state index is 0.179. The maximum absolute atomic E-state index is 12.4. The molecule has 0 radical (unpaired) electrons. The number of aromatic nitrogens is 3. The molecule has 1 aromatic rings. The summed E-state index contributed by atoms with van der Waals surface area (Å²) in [6.07, 6.45) is 3.27. The number of piperidine rings is 1. The number of carbonyl (C=O) groups is 1. The number of Topliss-reactive ketones (excluding diaryl/α,β-unsaturated/α-hetero) is 1. The Morgan fingerprint density at radius 2 is 2.24 bits per heavy atom. The van der Waals surface area contributed by atoms with Gasteiger partial charge in [0.25, 0.3) is 0 Å². The molecule has 2 heterocycles. The van der Waals surface area contributed by atoms with Gasteiger partial charge in [-0.3, -0.25) is 4.79 Å². The molecule has 0 aromatic carbocycles. The SMILES string of the molecule is Cn1nnc(Br)c1C(=O)C1CC12CCNCC2. The van der Waals surface area contributed by atoms with Gasteiger partial charge in [0.05, 0.1) is 0 Å². The first-order chi connectivity index (χ1) is 8.14. The van der Waals surface area contributed by atoms with Crippen LogP contribution in [0.2, 0.25) is 0 Å². The summed E-state index contributed by atoms with van der Waals surface area (Å²) < 4.78 is 2.14. The fourth-order valence-corrected chi connectivity index (χ4v) is 3.48. The summed E-state index contributed by atoms with van der Waals surface area (Å²) in [5, 5.41) is 11.1. The Balaban J connectivity index is 1.81. The molecule has 0 bridgehead atoms. The maximum Gasteiger partial charge on any atom is 0.187 e. The number of hydrogen-bond acceptors (Lipinski definition) is 4. The van der Waals surface area contributed by atoms with E-state index in [1.165, 1.54) is 0 Å². The van der Waals surface area contributed by atoms with Gasteiger partial charge in [-0.15, -0.1) is 5.10 Å². The van der Waals surface area contributed by atoms with Gasteiger partial charge in [-0.25, -0.2) is 4.68 Å². The molecule has 5 nitrogen and oxygen atoms in total. The van der Waals surface area contributed by atoms with Crippen molar-refractivity contribution in [2.45, 2.75) is 19.3 Å². The summed E-state index contributed by atoms with van der Waals surface area (Å²) in [6.45, 7) is 2.07. The second kappa shape index (κ2) is 3.88. The van der Waals surface area contributed by atoms with Crippen molar-refractivity contribution in [3.63, 3.8) is 0 Å². The first-order valence-corrected chi connectivity index (χ1v) is 6.73. The van der Waals surface area contributed by atoms with Gasteiger partial charge in [0.1, 0.15) is 5.69 Å². The summed E-state index contributed by atoms with van der Waals surface area (Å²) in [6, 6.07) is 0. The van der Waals surface area contributed by atoms with E-state index in [9.17, 15) is 4.79 Å². The predicted molar refractivity (Wildman–Crippen MR) is 65.7 cm³/mol. The highest BCUT2D eigenvalue weighted by Gasteiger charge is 2.58. The smallest absolute Gasteiger partial charge is 0.187 e. The highest BCUT2D eigenvalue weighted by Crippen LogP contribution is 2.59. The Bertz CT molecular complexity index is 445. The highest BCUT2D eigenvalue weighted by molar-refractivity contribution is 9.10. The van der Waals surface area contributed by atoms with E-state index < -0.39 is 0 Å². The fraction of sp³-hybridized carbons (Fsp3) is 0.727. The van der Waals surface area contributed by atoms with E-state index in [1.54, 1.807) is 11.7 Å². The predicted octanol–water partition coefficient (Wildman–Crippen LogP) is 1.15. The number of hydrogen-bond donors (Lipinski definition) is 1. The van der Waals surface area contributed by atoms with Crippen LogP contribution in [0.15, 0.2) is 4.60 Å². The third-order valence-corrected chi connectivity index (χ3v) is 4.66. The molecule has 1 atom stereocenters. The Morgan fingerprint density at radius 3 is 2.82 bits per heavy atom. The van der Waals surface area contributed by atoms with E-state index in [0.717, 1.165) is 32.4 Å². The normalized spacial score (nSPS) is 26.1. The van der Waals surface area contributed by atoms with E-state index in [0.29, 0.717) is 10.3 Å². The van der Waals surface area contributed by atoms with Crippen LogP contribution in [0.25, 0.3) is 0 Å². The molecule has 1 aliphatic carbocycles. The summed E-state index contributed by atoms with van der Waals surface area (Å²) in [5.41, 5.74) is 0.886. The Hall–Kier alpha value is -0.750. The van der Waals surface area contributed by atoms with E-state index in [2.05, 4.69) is 31.6 Å². The standard InChI is InChI=1S/C11H15BrN4O/c1-16-8(10(12)14-15-16)9(17)7-6-11(7)2-4-13-5-3-11/h7,13H,2-6H2,1H3. The number of rotatable bonds is 2. The molecule has 2 fully saturated rings. The highest BCUT2D eigenvalue weighted by atomic mass is 79.9. The van der Waals surface area contributed by atoms with Crippen molar-refractivity contribution < 1.29 is 4.79 Å². The van der Waals surface area contributed by atoms with Crippen LogP contribution in [0, 0.1) is 11.3 Å². The zero-order chi connectivity index (χ0) is 12.0. The minimum Gasteiger partial charge on any atom is -0.317 e. The van der Waals surface area contributed by atoms with Gasteiger partial charge in [-0.2, -0.15) is 0 Å². The number of ketones is 1. The van der Waals surface area contributed by atoms with Crippen LogP contribution in [-0.4, -0.2) is 33.9 Å². The van der Waals surface area contributed by atoms with Gasteiger partial charge in [-0.1, -0.05) is 5.21 Å². The molecule has 17 heavy (non-hydrogen) atoms. The molecule has 1 saturated carbocycles. The number of nitrogens with one attached hydrogen (secondary N) is 1. The molecule has 1 N–H and O–H groups in total. The van der Waals surface area contributed by atoms with Crippen LogP contribution in [0.1, 0.15) is 29.8 Å². The van der Waals surface area contributed by atoms with E-state index in [-0.39, 0.29) is 17.1 Å². The van der Waals surface area contributed by atoms with Crippen LogP contribution in [0.3, 0.4) is 0 Å². The lowest BCUT2D eigenvalue weighted by atomic mass is 9.90. The lowest BCUT2D eigenvalue weighted by Gasteiger charge is -2.23. The second-order valence-corrected chi connectivity index (χ2v) is 5.84. The van der Waals surface area contributed by atoms with E-state index in [4.69, 9.17) is 0 Å². The molecule has 1 unspecified atom stereocenters. The van der Waals surface area contributed by atoms with Crippen molar-refractivity contribution in [2.24, 2.45) is 18.4 Å². The number of nitrogens with zero attached hydrogens (tertiary/aromatic N) is 3. The topological polar surface area (TPSA) is 59.8 Å². The second-order valence-electron chi connectivity index (χ2n) is 5.09. The summed E-state index contributed by atoms with van der Waals surface area (Å²) in [7, 11) is 1.77. The van der Waals surface area contributed by atoms with Crippen LogP contribution in [-0.2, 0) is 7.05 Å². The van der Waals surface area contributed by atoms with Crippen molar-refractivity contribution >= 4 is 21.7 Å². The van der Waals surface area contributed by atoms with Gasteiger partial charge in [0, 0.05) is 13.0 Å². The Morgan fingerprint density at radius 1 is 1.53 bits per heavy atom. The van der Waals surface area contributed by atoms with Crippen molar-refractivity contribution in [3.8, 4) is 0 Å². The van der Waals surface area contributed by atoms with Crippen molar-refractivity contribution in [1.82, 2.24) is 20.3 Å². The lowest BCUT2D eigenvalue weighted by molar-refractivity contribution is 0.0930. The molecule has 1 saturated heterocycles. The Labute approximate surface area is 108 Å². The molecule has 1 spiro atoms. The molecule has 0 amide bonds. The largest absolute Gasteiger partial charge is 0.317 e. The number of aryl methyl sites for hydroxylation is 1. The van der Waals surface area contributed by atoms with Crippen LogP contribution in [0.5, 0.6) is 0 Å². The van der Waals surface area contributed by atoms with Gasteiger partial charge in [-0.05, 0) is 53.7 Å². The number of carbonyl (C=O) groups excluding carboxylic acids is 1. The van der Waals surface area contributed by atoms with Crippen LogP contribution in [0.4, 0.5) is 0 Å². The number of halogens is 1.